The topological polar surface area (TPSA) is 65.7 Å². The number of hydrogen-bond acceptors (Lipinski definition) is 6. The monoisotopic (exact) mass is 293 g/mol. The molecule has 0 amide bonds. The molecule has 1 aliphatic rings. The SMILES string of the molecule is Cc1ccc2nc(SCCC3OCCO3)nc(=O)n2c1. The van der Waals surface area contributed by atoms with Crippen molar-refractivity contribution in [2.24, 2.45) is 0 Å². The fourth-order valence-electron chi connectivity index (χ4n) is 1.99. The normalized spacial score (nSPS) is 16.1. The number of pyridine rings is 1. The fourth-order valence-corrected chi connectivity index (χ4v) is 2.78. The van der Waals surface area contributed by atoms with Crippen LogP contribution in [0.4, 0.5) is 0 Å². The molecule has 6 nitrogen and oxygen atoms in total. The molecule has 7 heteroatoms. The van der Waals surface area contributed by atoms with Crippen molar-refractivity contribution in [2.45, 2.75) is 24.8 Å². The predicted octanol–water partition coefficient (Wildman–Crippen LogP) is 1.25. The zero-order valence-electron chi connectivity index (χ0n) is 11.1. The molecule has 1 aliphatic heterocycles. The lowest BCUT2D eigenvalue weighted by molar-refractivity contribution is -0.0421. The molecule has 106 valence electrons. The number of hydrogen-bond donors (Lipinski definition) is 0. The summed E-state index contributed by atoms with van der Waals surface area (Å²) in [5.74, 6) is 0.756. The molecule has 20 heavy (non-hydrogen) atoms. The number of nitrogens with zero attached hydrogens (tertiary/aromatic N) is 3. The Kier molecular flexibility index (Phi) is 4.00. The molecule has 0 aromatic carbocycles. The second-order valence-corrected chi connectivity index (χ2v) is 5.59. The van der Waals surface area contributed by atoms with E-state index in [0.717, 1.165) is 17.7 Å². The largest absolute Gasteiger partial charge is 0.355 e. The third-order valence-electron chi connectivity index (χ3n) is 2.96. The summed E-state index contributed by atoms with van der Waals surface area (Å²) in [6.07, 6.45) is 2.37. The Hall–Kier alpha value is -1.44. The number of ether oxygens (including phenoxy) is 2. The van der Waals surface area contributed by atoms with Crippen LogP contribution in [-0.2, 0) is 9.47 Å². The summed E-state index contributed by atoms with van der Waals surface area (Å²) in [5, 5.41) is 0.497. The van der Waals surface area contributed by atoms with Crippen molar-refractivity contribution in [3.63, 3.8) is 0 Å². The minimum atomic E-state index is -0.297. The molecular weight excluding hydrogens is 278 g/mol. The first-order chi connectivity index (χ1) is 9.72. The van der Waals surface area contributed by atoms with Crippen LogP contribution in [0.5, 0.6) is 0 Å². The van der Waals surface area contributed by atoms with Crippen LogP contribution in [0.2, 0.25) is 0 Å². The molecule has 0 unspecified atom stereocenters. The molecule has 3 rings (SSSR count). The standard InChI is InChI=1S/C13H15N3O3S/c1-9-2-3-10-14-12(15-13(17)16(10)8-9)20-7-4-11-18-5-6-19-11/h2-3,8,11H,4-7H2,1H3. The first kappa shape index (κ1) is 13.5. The highest BCUT2D eigenvalue weighted by Crippen LogP contribution is 2.17. The van der Waals surface area contributed by atoms with E-state index in [1.165, 1.54) is 16.2 Å². The lowest BCUT2D eigenvalue weighted by Crippen LogP contribution is -2.19. The molecule has 0 N–H and O–H groups in total. The quantitative estimate of drug-likeness (QED) is 0.791. The van der Waals surface area contributed by atoms with Crippen LogP contribution in [-0.4, -0.2) is 39.6 Å². The van der Waals surface area contributed by atoms with Gasteiger partial charge in [0.15, 0.2) is 11.4 Å². The van der Waals surface area contributed by atoms with Crippen LogP contribution >= 0.6 is 11.8 Å². The Morgan fingerprint density at radius 1 is 1.35 bits per heavy atom. The predicted molar refractivity (Wildman–Crippen MR) is 75.0 cm³/mol. The number of fused-ring (bicyclic) bond motifs is 1. The summed E-state index contributed by atoms with van der Waals surface area (Å²) in [6.45, 7) is 3.24. The van der Waals surface area contributed by atoms with Gasteiger partial charge in [-0.3, -0.25) is 4.40 Å². The molecule has 0 atom stereocenters. The Morgan fingerprint density at radius 3 is 2.95 bits per heavy atom. The van der Waals surface area contributed by atoms with E-state index in [1.807, 2.05) is 19.1 Å². The molecule has 0 spiro atoms. The van der Waals surface area contributed by atoms with Gasteiger partial charge in [0.2, 0.25) is 0 Å². The van der Waals surface area contributed by atoms with E-state index in [0.29, 0.717) is 24.0 Å². The summed E-state index contributed by atoms with van der Waals surface area (Å²) in [5.41, 5.74) is 1.32. The van der Waals surface area contributed by atoms with E-state index in [-0.39, 0.29) is 12.0 Å². The fraction of sp³-hybridized carbons (Fsp3) is 0.462. The molecule has 0 saturated carbocycles. The maximum atomic E-state index is 11.9. The molecule has 1 fully saturated rings. The van der Waals surface area contributed by atoms with Gasteiger partial charge < -0.3 is 9.47 Å². The van der Waals surface area contributed by atoms with Gasteiger partial charge in [-0.2, -0.15) is 4.98 Å². The van der Waals surface area contributed by atoms with Gasteiger partial charge in [0.1, 0.15) is 5.65 Å². The van der Waals surface area contributed by atoms with Gasteiger partial charge in [-0.1, -0.05) is 17.8 Å². The van der Waals surface area contributed by atoms with Crippen molar-refractivity contribution in [2.75, 3.05) is 19.0 Å². The van der Waals surface area contributed by atoms with Gasteiger partial charge >= 0.3 is 5.69 Å². The van der Waals surface area contributed by atoms with Crippen molar-refractivity contribution < 1.29 is 9.47 Å². The van der Waals surface area contributed by atoms with E-state index in [2.05, 4.69) is 9.97 Å². The second-order valence-electron chi connectivity index (χ2n) is 4.53. The Balaban J connectivity index is 1.72. The lowest BCUT2D eigenvalue weighted by atomic mass is 10.3. The molecule has 0 bridgehead atoms. The first-order valence-electron chi connectivity index (χ1n) is 6.45. The summed E-state index contributed by atoms with van der Waals surface area (Å²) < 4.78 is 12.2. The Bertz CT molecular complexity index is 667. The van der Waals surface area contributed by atoms with Crippen LogP contribution in [0.25, 0.3) is 5.65 Å². The van der Waals surface area contributed by atoms with E-state index in [9.17, 15) is 4.79 Å². The number of aryl methyl sites for hydroxylation is 1. The summed E-state index contributed by atoms with van der Waals surface area (Å²) in [6, 6.07) is 3.75. The van der Waals surface area contributed by atoms with Gasteiger partial charge in [0.05, 0.1) is 13.2 Å². The third-order valence-corrected chi connectivity index (χ3v) is 3.84. The molecule has 2 aromatic heterocycles. The first-order valence-corrected chi connectivity index (χ1v) is 7.44. The minimum Gasteiger partial charge on any atom is -0.350 e. The molecule has 0 aliphatic carbocycles. The van der Waals surface area contributed by atoms with Gasteiger partial charge in [0, 0.05) is 18.4 Å². The van der Waals surface area contributed by atoms with Gasteiger partial charge in [0.25, 0.3) is 0 Å². The van der Waals surface area contributed by atoms with Crippen LogP contribution in [0.3, 0.4) is 0 Å². The van der Waals surface area contributed by atoms with Crippen LogP contribution in [0, 0.1) is 6.92 Å². The summed E-state index contributed by atoms with van der Waals surface area (Å²) in [4.78, 5) is 20.3. The van der Waals surface area contributed by atoms with Crippen molar-refractivity contribution in [3.8, 4) is 0 Å². The van der Waals surface area contributed by atoms with Crippen molar-refractivity contribution in [1.29, 1.82) is 0 Å². The van der Waals surface area contributed by atoms with Crippen molar-refractivity contribution >= 4 is 17.4 Å². The average Bonchev–Trinajstić information content (AvgIpc) is 2.93. The number of aromatic nitrogens is 3. The smallest absolute Gasteiger partial charge is 0.350 e. The zero-order chi connectivity index (χ0) is 13.9. The average molecular weight is 293 g/mol. The van der Waals surface area contributed by atoms with Crippen molar-refractivity contribution in [3.05, 3.63) is 34.4 Å². The number of rotatable bonds is 4. The van der Waals surface area contributed by atoms with Crippen LogP contribution in [0.1, 0.15) is 12.0 Å². The second kappa shape index (κ2) is 5.90. The lowest BCUT2D eigenvalue weighted by Gasteiger charge is -2.07. The van der Waals surface area contributed by atoms with Gasteiger partial charge in [-0.25, -0.2) is 9.78 Å². The van der Waals surface area contributed by atoms with E-state index < -0.39 is 0 Å². The molecule has 0 radical (unpaired) electrons. The molecule has 2 aromatic rings. The van der Waals surface area contributed by atoms with Crippen LogP contribution in [0.15, 0.2) is 28.3 Å². The van der Waals surface area contributed by atoms with E-state index in [1.54, 1.807) is 6.20 Å². The summed E-state index contributed by atoms with van der Waals surface area (Å²) in [7, 11) is 0. The highest BCUT2D eigenvalue weighted by atomic mass is 32.2. The van der Waals surface area contributed by atoms with E-state index >= 15 is 0 Å². The molecule has 3 heterocycles. The Labute approximate surface area is 120 Å². The molecule has 1 saturated heterocycles. The molecular formula is C13H15N3O3S. The number of thioether (sulfide) groups is 1. The van der Waals surface area contributed by atoms with Crippen molar-refractivity contribution in [1.82, 2.24) is 14.4 Å². The Morgan fingerprint density at radius 2 is 2.15 bits per heavy atom. The van der Waals surface area contributed by atoms with Crippen LogP contribution < -0.4 is 5.69 Å². The minimum absolute atomic E-state index is 0.133. The maximum absolute atomic E-state index is 11.9. The maximum Gasteiger partial charge on any atom is 0.355 e. The van der Waals surface area contributed by atoms with Gasteiger partial charge in [-0.05, 0) is 18.6 Å². The zero-order valence-corrected chi connectivity index (χ0v) is 11.9. The van der Waals surface area contributed by atoms with E-state index in [4.69, 9.17) is 9.47 Å². The highest BCUT2D eigenvalue weighted by molar-refractivity contribution is 7.99. The highest BCUT2D eigenvalue weighted by Gasteiger charge is 2.15. The third kappa shape index (κ3) is 3.00. The summed E-state index contributed by atoms with van der Waals surface area (Å²) >= 11 is 1.44. The van der Waals surface area contributed by atoms with Gasteiger partial charge in [-0.15, -0.1) is 0 Å².